The predicted molar refractivity (Wildman–Crippen MR) is 76.2 cm³/mol. The third kappa shape index (κ3) is 3.48. The average molecular weight is 312 g/mol. The summed E-state index contributed by atoms with van der Waals surface area (Å²) in [5.74, 6) is -0.141. The molecule has 2 rings (SSSR count). The van der Waals surface area contributed by atoms with Crippen LogP contribution < -0.4 is 5.32 Å². The second-order valence-electron chi connectivity index (χ2n) is 4.88. The van der Waals surface area contributed by atoms with Crippen LogP contribution in [0.15, 0.2) is 22.7 Å². The molecule has 0 atom stereocenters. The quantitative estimate of drug-likeness (QED) is 0.878. The summed E-state index contributed by atoms with van der Waals surface area (Å²) in [5.41, 5.74) is 1.29. The fraction of sp³-hybridized carbons (Fsp3) is 0.500. The first-order valence-electron chi connectivity index (χ1n) is 6.43. The number of carboxylic acids is 1. The second-order valence-corrected chi connectivity index (χ2v) is 5.74. The van der Waals surface area contributed by atoms with Gasteiger partial charge in [-0.05, 0) is 52.9 Å². The van der Waals surface area contributed by atoms with Crippen LogP contribution in [0.4, 0.5) is 5.69 Å². The van der Waals surface area contributed by atoms with Crippen molar-refractivity contribution in [1.29, 1.82) is 0 Å². The van der Waals surface area contributed by atoms with Crippen molar-refractivity contribution in [3.8, 4) is 0 Å². The first-order valence-corrected chi connectivity index (χ1v) is 7.23. The van der Waals surface area contributed by atoms with E-state index in [1.165, 1.54) is 32.1 Å². The standard InChI is InChI=1S/C14H18BrNO2/c15-13-8-11(6-7-12(13)14(17)18)16-9-10-4-2-1-3-5-10/h6-8,10,16H,1-5,9H2,(H,17,18). The molecule has 0 spiro atoms. The lowest BCUT2D eigenvalue weighted by atomic mass is 9.89. The number of rotatable bonds is 4. The van der Waals surface area contributed by atoms with Gasteiger partial charge >= 0.3 is 5.97 Å². The van der Waals surface area contributed by atoms with Gasteiger partial charge in [0, 0.05) is 16.7 Å². The molecule has 1 aromatic carbocycles. The van der Waals surface area contributed by atoms with E-state index in [2.05, 4.69) is 21.2 Å². The van der Waals surface area contributed by atoms with Gasteiger partial charge in [0.05, 0.1) is 5.56 Å². The first kappa shape index (κ1) is 13.4. The maximum absolute atomic E-state index is 10.9. The van der Waals surface area contributed by atoms with Gasteiger partial charge in [0.1, 0.15) is 0 Å². The fourth-order valence-corrected chi connectivity index (χ4v) is 3.00. The lowest BCUT2D eigenvalue weighted by Crippen LogP contribution is -2.17. The number of hydrogen-bond acceptors (Lipinski definition) is 2. The van der Waals surface area contributed by atoms with E-state index in [-0.39, 0.29) is 0 Å². The highest BCUT2D eigenvalue weighted by molar-refractivity contribution is 9.10. The summed E-state index contributed by atoms with van der Waals surface area (Å²) in [6, 6.07) is 5.30. The van der Waals surface area contributed by atoms with Gasteiger partial charge < -0.3 is 10.4 Å². The van der Waals surface area contributed by atoms with Gasteiger partial charge in [0.25, 0.3) is 0 Å². The fourth-order valence-electron chi connectivity index (χ4n) is 2.45. The Hall–Kier alpha value is -1.03. The largest absolute Gasteiger partial charge is 0.478 e. The smallest absolute Gasteiger partial charge is 0.336 e. The van der Waals surface area contributed by atoms with Gasteiger partial charge in [-0.3, -0.25) is 0 Å². The molecule has 1 aromatic rings. The highest BCUT2D eigenvalue weighted by Crippen LogP contribution is 2.25. The van der Waals surface area contributed by atoms with Crippen molar-refractivity contribution in [2.24, 2.45) is 5.92 Å². The highest BCUT2D eigenvalue weighted by Gasteiger charge is 2.13. The molecule has 4 heteroatoms. The average Bonchev–Trinajstić information content (AvgIpc) is 2.37. The van der Waals surface area contributed by atoms with Crippen LogP contribution in [0.3, 0.4) is 0 Å². The van der Waals surface area contributed by atoms with Crippen molar-refractivity contribution in [2.45, 2.75) is 32.1 Å². The van der Waals surface area contributed by atoms with Crippen LogP contribution in [-0.2, 0) is 0 Å². The predicted octanol–water partition coefficient (Wildman–Crippen LogP) is 4.14. The Kier molecular flexibility index (Phi) is 4.64. The molecule has 1 fully saturated rings. The van der Waals surface area contributed by atoms with Crippen LogP contribution in [0.1, 0.15) is 42.5 Å². The van der Waals surface area contributed by atoms with E-state index < -0.39 is 5.97 Å². The van der Waals surface area contributed by atoms with E-state index >= 15 is 0 Å². The van der Waals surface area contributed by atoms with Crippen LogP contribution in [0.25, 0.3) is 0 Å². The van der Waals surface area contributed by atoms with Crippen LogP contribution in [0.2, 0.25) is 0 Å². The van der Waals surface area contributed by atoms with Gasteiger partial charge in [-0.25, -0.2) is 4.79 Å². The minimum atomic E-state index is -0.902. The SMILES string of the molecule is O=C(O)c1ccc(NCC2CCCCC2)cc1Br. The zero-order valence-corrected chi connectivity index (χ0v) is 11.9. The number of anilines is 1. The van der Waals surface area contributed by atoms with Crippen molar-refractivity contribution >= 4 is 27.6 Å². The number of aromatic carboxylic acids is 1. The number of nitrogens with one attached hydrogen (secondary N) is 1. The summed E-state index contributed by atoms with van der Waals surface area (Å²) in [4.78, 5) is 10.9. The number of halogens is 1. The number of carbonyl (C=O) groups is 1. The summed E-state index contributed by atoms with van der Waals surface area (Å²) in [5, 5.41) is 12.3. The van der Waals surface area contributed by atoms with E-state index in [9.17, 15) is 4.79 Å². The molecule has 0 aliphatic heterocycles. The molecule has 0 bridgehead atoms. The zero-order valence-electron chi connectivity index (χ0n) is 10.3. The van der Waals surface area contributed by atoms with Crippen molar-refractivity contribution in [2.75, 3.05) is 11.9 Å². The molecule has 18 heavy (non-hydrogen) atoms. The van der Waals surface area contributed by atoms with Gasteiger partial charge in [0.2, 0.25) is 0 Å². The van der Waals surface area contributed by atoms with Gasteiger partial charge in [0.15, 0.2) is 0 Å². The Morgan fingerprint density at radius 2 is 2.06 bits per heavy atom. The Labute approximate surface area is 116 Å². The Balaban J connectivity index is 1.93. The first-order chi connectivity index (χ1) is 8.66. The topological polar surface area (TPSA) is 49.3 Å². The van der Waals surface area contributed by atoms with E-state index in [1.54, 1.807) is 6.07 Å². The van der Waals surface area contributed by atoms with Crippen molar-refractivity contribution < 1.29 is 9.90 Å². The molecular formula is C14H18BrNO2. The minimum Gasteiger partial charge on any atom is -0.478 e. The number of benzene rings is 1. The van der Waals surface area contributed by atoms with E-state index in [4.69, 9.17) is 5.11 Å². The number of hydrogen-bond donors (Lipinski definition) is 2. The monoisotopic (exact) mass is 311 g/mol. The van der Waals surface area contributed by atoms with E-state index in [1.807, 2.05) is 12.1 Å². The van der Waals surface area contributed by atoms with Crippen LogP contribution in [0, 0.1) is 5.92 Å². The summed E-state index contributed by atoms with van der Waals surface area (Å²) >= 11 is 3.29. The van der Waals surface area contributed by atoms with Gasteiger partial charge in [-0.2, -0.15) is 0 Å². The Bertz CT molecular complexity index is 428. The summed E-state index contributed by atoms with van der Waals surface area (Å²) in [6.07, 6.45) is 6.67. The lowest BCUT2D eigenvalue weighted by Gasteiger charge is -2.22. The molecule has 1 saturated carbocycles. The van der Waals surface area contributed by atoms with Crippen molar-refractivity contribution in [1.82, 2.24) is 0 Å². The normalized spacial score (nSPS) is 16.5. The van der Waals surface area contributed by atoms with E-state index in [0.717, 1.165) is 18.2 Å². The summed E-state index contributed by atoms with van der Waals surface area (Å²) in [6.45, 7) is 0.985. The Morgan fingerprint density at radius 3 is 2.67 bits per heavy atom. The minimum absolute atomic E-state index is 0.304. The molecule has 0 aromatic heterocycles. The molecule has 0 unspecified atom stereocenters. The molecule has 1 aliphatic carbocycles. The Morgan fingerprint density at radius 1 is 1.33 bits per heavy atom. The van der Waals surface area contributed by atoms with Crippen LogP contribution in [-0.4, -0.2) is 17.6 Å². The molecule has 0 amide bonds. The molecular weight excluding hydrogens is 294 g/mol. The third-order valence-corrected chi connectivity index (χ3v) is 4.18. The molecule has 0 saturated heterocycles. The maximum Gasteiger partial charge on any atom is 0.336 e. The lowest BCUT2D eigenvalue weighted by molar-refractivity contribution is 0.0696. The van der Waals surface area contributed by atoms with Crippen LogP contribution in [0.5, 0.6) is 0 Å². The zero-order chi connectivity index (χ0) is 13.0. The van der Waals surface area contributed by atoms with Crippen LogP contribution >= 0.6 is 15.9 Å². The van der Waals surface area contributed by atoms with E-state index in [0.29, 0.717) is 10.0 Å². The summed E-state index contributed by atoms with van der Waals surface area (Å²) in [7, 11) is 0. The van der Waals surface area contributed by atoms with Crippen molar-refractivity contribution in [3.63, 3.8) is 0 Å². The molecule has 98 valence electrons. The van der Waals surface area contributed by atoms with Crippen molar-refractivity contribution in [3.05, 3.63) is 28.2 Å². The maximum atomic E-state index is 10.9. The molecule has 0 radical (unpaired) electrons. The molecule has 2 N–H and O–H groups in total. The molecule has 3 nitrogen and oxygen atoms in total. The van der Waals surface area contributed by atoms with Gasteiger partial charge in [-0.1, -0.05) is 19.3 Å². The summed E-state index contributed by atoms with van der Waals surface area (Å²) < 4.78 is 0.628. The third-order valence-electron chi connectivity index (χ3n) is 3.52. The van der Waals surface area contributed by atoms with Gasteiger partial charge in [-0.15, -0.1) is 0 Å². The molecule has 0 heterocycles. The highest BCUT2D eigenvalue weighted by atomic mass is 79.9. The number of carboxylic acid groups (broad SMARTS) is 1. The molecule has 1 aliphatic rings. The second kappa shape index (κ2) is 6.23.